The van der Waals surface area contributed by atoms with Crippen LogP contribution in [-0.4, -0.2) is 34.1 Å². The van der Waals surface area contributed by atoms with Crippen LogP contribution in [0.4, 0.5) is 0 Å². The van der Waals surface area contributed by atoms with E-state index in [0.29, 0.717) is 5.56 Å². The normalized spacial score (nSPS) is 16.7. The molecule has 6 nitrogen and oxygen atoms in total. The highest BCUT2D eigenvalue weighted by Crippen LogP contribution is 2.26. The summed E-state index contributed by atoms with van der Waals surface area (Å²) in [4.78, 5) is 11.8. The Hall–Kier alpha value is -1.15. The second-order valence-corrected chi connectivity index (χ2v) is 8.02. The van der Waals surface area contributed by atoms with Crippen molar-refractivity contribution in [1.82, 2.24) is 4.72 Å². The number of benzene rings is 1. The van der Waals surface area contributed by atoms with Crippen molar-refractivity contribution < 1.29 is 17.9 Å². The highest BCUT2D eigenvalue weighted by molar-refractivity contribution is 7.88. The zero-order chi connectivity index (χ0) is 17.6. The van der Waals surface area contributed by atoms with Crippen LogP contribution in [-0.2, 0) is 20.5 Å². The molecule has 2 rings (SSSR count). The molecule has 0 amide bonds. The van der Waals surface area contributed by atoms with Gasteiger partial charge in [0.1, 0.15) is 0 Å². The van der Waals surface area contributed by atoms with Gasteiger partial charge in [-0.2, -0.15) is 0 Å². The first kappa shape index (κ1) is 21.9. The molecule has 0 heterocycles. The lowest BCUT2D eigenvalue weighted by atomic mass is 9.84. The maximum atomic E-state index is 12.6. The van der Waals surface area contributed by atoms with Crippen molar-refractivity contribution in [2.45, 2.75) is 43.9 Å². The monoisotopic (exact) mass is 390 g/mol. The van der Waals surface area contributed by atoms with E-state index in [1.54, 1.807) is 24.3 Å². The SMILES string of the molecule is COC(=O)c1ccccc1CS(=O)(=O)NC(CN)C1CCCCC1.Cl. The van der Waals surface area contributed by atoms with Crippen molar-refractivity contribution >= 4 is 28.4 Å². The maximum absolute atomic E-state index is 12.6. The number of rotatable bonds is 7. The highest BCUT2D eigenvalue weighted by Gasteiger charge is 2.27. The average molecular weight is 391 g/mol. The van der Waals surface area contributed by atoms with Gasteiger partial charge in [-0.1, -0.05) is 37.5 Å². The Morgan fingerprint density at radius 1 is 1.28 bits per heavy atom. The zero-order valence-corrected chi connectivity index (χ0v) is 16.1. The smallest absolute Gasteiger partial charge is 0.338 e. The molecular weight excluding hydrogens is 364 g/mol. The number of nitrogens with two attached hydrogens (primary N) is 1. The first-order valence-electron chi connectivity index (χ1n) is 8.33. The van der Waals surface area contributed by atoms with Crippen molar-refractivity contribution in [3.05, 3.63) is 35.4 Å². The number of sulfonamides is 1. The summed E-state index contributed by atoms with van der Waals surface area (Å²) in [7, 11) is -2.32. The third-order valence-electron chi connectivity index (χ3n) is 4.57. The lowest BCUT2D eigenvalue weighted by molar-refractivity contribution is 0.0600. The van der Waals surface area contributed by atoms with Gasteiger partial charge in [0.2, 0.25) is 10.0 Å². The van der Waals surface area contributed by atoms with Crippen LogP contribution in [0.15, 0.2) is 24.3 Å². The molecule has 0 saturated heterocycles. The van der Waals surface area contributed by atoms with Gasteiger partial charge in [-0.25, -0.2) is 17.9 Å². The van der Waals surface area contributed by atoms with Crippen LogP contribution < -0.4 is 10.5 Å². The minimum Gasteiger partial charge on any atom is -0.465 e. The summed E-state index contributed by atoms with van der Waals surface area (Å²) in [5.74, 6) is -0.514. The molecular formula is C17H27ClN2O4S. The fourth-order valence-electron chi connectivity index (χ4n) is 3.31. The first-order chi connectivity index (χ1) is 11.5. The van der Waals surface area contributed by atoms with E-state index < -0.39 is 16.0 Å². The molecule has 1 fully saturated rings. The Morgan fingerprint density at radius 3 is 2.52 bits per heavy atom. The van der Waals surface area contributed by atoms with E-state index in [-0.39, 0.29) is 42.2 Å². The van der Waals surface area contributed by atoms with Crippen molar-refractivity contribution in [3.8, 4) is 0 Å². The third kappa shape index (κ3) is 6.26. The van der Waals surface area contributed by atoms with E-state index >= 15 is 0 Å². The van der Waals surface area contributed by atoms with Crippen LogP contribution in [0.5, 0.6) is 0 Å². The Labute approximate surface area is 156 Å². The van der Waals surface area contributed by atoms with Crippen LogP contribution in [0, 0.1) is 5.92 Å². The zero-order valence-electron chi connectivity index (χ0n) is 14.4. The number of ether oxygens (including phenoxy) is 1. The predicted molar refractivity (Wildman–Crippen MR) is 100 cm³/mol. The van der Waals surface area contributed by atoms with E-state index in [1.807, 2.05) is 0 Å². The summed E-state index contributed by atoms with van der Waals surface area (Å²) in [6.45, 7) is 0.280. The minimum absolute atomic E-state index is 0. The molecule has 1 aliphatic carbocycles. The fraction of sp³-hybridized carbons (Fsp3) is 0.588. The first-order valence-corrected chi connectivity index (χ1v) is 9.98. The van der Waals surface area contributed by atoms with Gasteiger partial charge in [0.25, 0.3) is 0 Å². The molecule has 0 spiro atoms. The summed E-state index contributed by atoms with van der Waals surface area (Å²) in [5, 5.41) is 0. The number of carbonyl (C=O) groups is 1. The number of halogens is 1. The molecule has 3 N–H and O–H groups in total. The number of esters is 1. The molecule has 25 heavy (non-hydrogen) atoms. The Bertz CT molecular complexity index is 660. The Morgan fingerprint density at radius 2 is 1.92 bits per heavy atom. The summed E-state index contributed by atoms with van der Waals surface area (Å²) in [5.41, 5.74) is 6.50. The van der Waals surface area contributed by atoms with E-state index in [1.165, 1.54) is 13.5 Å². The fourth-order valence-corrected chi connectivity index (χ4v) is 4.80. The van der Waals surface area contributed by atoms with Crippen LogP contribution in [0.25, 0.3) is 0 Å². The Balaban J connectivity index is 0.00000312. The standard InChI is InChI=1S/C17H26N2O4S.ClH/c1-23-17(20)15-10-6-5-9-14(15)12-24(21,22)19-16(11-18)13-7-3-2-4-8-13;/h5-6,9-10,13,16,19H,2-4,7-8,11-12,18H2,1H3;1H. The van der Waals surface area contributed by atoms with Crippen molar-refractivity contribution in [2.24, 2.45) is 11.7 Å². The number of methoxy groups -OCH3 is 1. The van der Waals surface area contributed by atoms with Gasteiger partial charge in [-0.3, -0.25) is 0 Å². The van der Waals surface area contributed by atoms with Crippen LogP contribution in [0.3, 0.4) is 0 Å². The quantitative estimate of drug-likeness (QED) is 0.695. The maximum Gasteiger partial charge on any atom is 0.338 e. The number of nitrogens with one attached hydrogen (secondary N) is 1. The minimum atomic E-state index is -3.60. The Kier molecular flexibility index (Phi) is 8.85. The molecule has 0 bridgehead atoms. The van der Waals surface area contributed by atoms with Gasteiger partial charge in [-0.15, -0.1) is 12.4 Å². The largest absolute Gasteiger partial charge is 0.465 e. The second-order valence-electron chi connectivity index (χ2n) is 6.27. The lowest BCUT2D eigenvalue weighted by Gasteiger charge is -2.29. The molecule has 1 aromatic rings. The molecule has 0 aliphatic heterocycles. The van der Waals surface area contributed by atoms with Crippen molar-refractivity contribution in [3.63, 3.8) is 0 Å². The lowest BCUT2D eigenvalue weighted by Crippen LogP contribution is -2.46. The molecule has 142 valence electrons. The van der Waals surface area contributed by atoms with E-state index in [4.69, 9.17) is 10.5 Å². The molecule has 1 aliphatic rings. The topological polar surface area (TPSA) is 98.5 Å². The molecule has 1 saturated carbocycles. The van der Waals surface area contributed by atoms with Gasteiger partial charge in [0.05, 0.1) is 18.4 Å². The molecule has 0 radical (unpaired) electrons. The summed E-state index contributed by atoms with van der Waals surface area (Å²) >= 11 is 0. The molecule has 1 aromatic carbocycles. The molecule has 8 heteroatoms. The highest BCUT2D eigenvalue weighted by atomic mass is 35.5. The van der Waals surface area contributed by atoms with E-state index in [0.717, 1.165) is 25.7 Å². The van der Waals surface area contributed by atoms with Gasteiger partial charge in [-0.05, 0) is 30.4 Å². The predicted octanol–water partition coefficient (Wildman–Crippen LogP) is 2.22. The van der Waals surface area contributed by atoms with Gasteiger partial charge in [0, 0.05) is 12.6 Å². The average Bonchev–Trinajstić information content (AvgIpc) is 2.60. The van der Waals surface area contributed by atoms with Crippen molar-refractivity contribution in [2.75, 3.05) is 13.7 Å². The molecule has 1 unspecified atom stereocenters. The van der Waals surface area contributed by atoms with E-state index in [9.17, 15) is 13.2 Å². The third-order valence-corrected chi connectivity index (χ3v) is 5.92. The summed E-state index contributed by atoms with van der Waals surface area (Å²) in [6.07, 6.45) is 5.45. The summed E-state index contributed by atoms with van der Waals surface area (Å²) < 4.78 is 32.6. The molecule has 0 aromatic heterocycles. The van der Waals surface area contributed by atoms with Gasteiger partial charge in [0.15, 0.2) is 0 Å². The second kappa shape index (κ2) is 10.1. The van der Waals surface area contributed by atoms with Gasteiger partial charge < -0.3 is 10.5 Å². The number of hydrogen-bond donors (Lipinski definition) is 2. The number of carbonyl (C=O) groups excluding carboxylic acids is 1. The molecule has 1 atom stereocenters. The number of hydrogen-bond acceptors (Lipinski definition) is 5. The van der Waals surface area contributed by atoms with E-state index in [2.05, 4.69) is 4.72 Å². The van der Waals surface area contributed by atoms with Crippen LogP contribution in [0.2, 0.25) is 0 Å². The summed E-state index contributed by atoms with van der Waals surface area (Å²) in [6, 6.07) is 6.34. The van der Waals surface area contributed by atoms with Crippen LogP contribution in [0.1, 0.15) is 48.0 Å². The van der Waals surface area contributed by atoms with Gasteiger partial charge >= 0.3 is 5.97 Å². The van der Waals surface area contributed by atoms with Crippen LogP contribution >= 0.6 is 12.4 Å². The van der Waals surface area contributed by atoms with Crippen molar-refractivity contribution in [1.29, 1.82) is 0 Å².